The molecule has 14 heavy (non-hydrogen) atoms. The third-order valence-electron chi connectivity index (χ3n) is 1.52. The first-order chi connectivity index (χ1) is 5.88. The average Bonchev–Trinajstić information content (AvgIpc) is 1.94. The third kappa shape index (κ3) is 4.42. The van der Waals surface area contributed by atoms with Gasteiger partial charge in [0.05, 0.1) is 6.54 Å². The van der Waals surface area contributed by atoms with Crippen LogP contribution in [0.3, 0.4) is 0 Å². The van der Waals surface area contributed by atoms with Gasteiger partial charge in [-0.15, -0.1) is 18.2 Å². The summed E-state index contributed by atoms with van der Waals surface area (Å²) in [6.45, 7) is 4.13. The Morgan fingerprint density at radius 1 is 1.43 bits per heavy atom. The molecule has 0 aromatic heterocycles. The number of rotatable bonds is 1. The van der Waals surface area contributed by atoms with Crippen LogP contribution in [-0.4, -0.2) is 17.6 Å². The summed E-state index contributed by atoms with van der Waals surface area (Å²) < 4.78 is 36.0. The van der Waals surface area contributed by atoms with Gasteiger partial charge in [0.25, 0.3) is 0 Å². The maximum atomic E-state index is 12.0. The van der Waals surface area contributed by atoms with Crippen molar-refractivity contribution in [3.63, 3.8) is 0 Å². The van der Waals surface area contributed by atoms with Crippen molar-refractivity contribution >= 4 is 0 Å². The topological polar surface area (TPSA) is 3.24 Å². The minimum atomic E-state index is -4.22. The molecule has 0 aromatic carbocycles. The summed E-state index contributed by atoms with van der Waals surface area (Å²) in [5.41, 5.74) is 0.972. The van der Waals surface area contributed by atoms with Gasteiger partial charge in [0, 0.05) is 32.7 Å². The van der Waals surface area contributed by atoms with Crippen LogP contribution in [0.2, 0.25) is 0 Å². The van der Waals surface area contributed by atoms with Gasteiger partial charge in [-0.3, -0.25) is 0 Å². The summed E-state index contributed by atoms with van der Waals surface area (Å²) in [5.74, 6) is 0. The molecule has 1 rings (SSSR count). The molecular weight excluding hydrogens is 268 g/mol. The Kier molecular flexibility index (Phi) is 5.09. The zero-order valence-electron chi connectivity index (χ0n) is 7.73. The molecule has 1 aliphatic rings. The van der Waals surface area contributed by atoms with Crippen LogP contribution >= 0.6 is 0 Å². The fourth-order valence-corrected chi connectivity index (χ4v) is 0.953. The molecule has 0 spiro atoms. The van der Waals surface area contributed by atoms with Crippen molar-refractivity contribution in [3.8, 4) is 0 Å². The average molecular weight is 277 g/mol. The van der Waals surface area contributed by atoms with Crippen LogP contribution < -0.4 is 0 Å². The van der Waals surface area contributed by atoms with Crippen molar-refractivity contribution in [1.29, 1.82) is 0 Å². The van der Waals surface area contributed by atoms with E-state index in [0.29, 0.717) is 11.3 Å². The molecule has 1 heterocycles. The molecule has 1 aliphatic heterocycles. The Labute approximate surface area is 106 Å². The fraction of sp³-hybridized carbons (Fsp3) is 0.333. The molecule has 1 nitrogen and oxygen atoms in total. The van der Waals surface area contributed by atoms with Crippen LogP contribution in [0.4, 0.5) is 13.2 Å². The van der Waals surface area contributed by atoms with E-state index >= 15 is 0 Å². The summed E-state index contributed by atoms with van der Waals surface area (Å²) in [5, 5.41) is 0. The zero-order chi connectivity index (χ0) is 10.1. The van der Waals surface area contributed by atoms with E-state index in [-0.39, 0.29) is 32.7 Å². The second kappa shape index (κ2) is 5.12. The van der Waals surface area contributed by atoms with Gasteiger partial charge in [0.1, 0.15) is 0 Å². The number of nitrogens with zero attached hydrogens (tertiary/aromatic N) is 1. The normalized spacial score (nSPS) is 16.4. The number of halogens is 3. The van der Waals surface area contributed by atoms with Crippen LogP contribution in [0.1, 0.15) is 6.92 Å². The molecule has 0 unspecified atom stereocenters. The number of hydrogen-bond donors (Lipinski definition) is 0. The van der Waals surface area contributed by atoms with E-state index in [1.807, 2.05) is 0 Å². The Morgan fingerprint density at radius 2 is 2.00 bits per heavy atom. The number of allylic oxidation sites excluding steroid dienone is 3. The Hall–Kier alpha value is -0.0861. The first kappa shape index (κ1) is 13.9. The van der Waals surface area contributed by atoms with E-state index in [2.05, 4.69) is 12.8 Å². The van der Waals surface area contributed by atoms with Gasteiger partial charge in [-0.25, -0.2) is 0 Å². The summed E-state index contributed by atoms with van der Waals surface area (Å²) in [7, 11) is 0. The van der Waals surface area contributed by atoms with E-state index in [1.165, 1.54) is 6.08 Å². The molecule has 0 saturated heterocycles. The zero-order valence-corrected chi connectivity index (χ0v) is 10.6. The molecule has 0 N–H and O–H groups in total. The minimum absolute atomic E-state index is 0. The van der Waals surface area contributed by atoms with Crippen LogP contribution in [0.5, 0.6) is 0 Å². The van der Waals surface area contributed by atoms with E-state index < -0.39 is 12.7 Å². The van der Waals surface area contributed by atoms with Gasteiger partial charge in [-0.1, -0.05) is 18.8 Å². The van der Waals surface area contributed by atoms with Gasteiger partial charge >= 0.3 is 6.18 Å². The smallest absolute Gasteiger partial charge is 0.404 e. The number of hydrogen-bond acceptors (Lipinski definition) is 1. The van der Waals surface area contributed by atoms with Gasteiger partial charge in [0.15, 0.2) is 0 Å². The second-order valence-electron chi connectivity index (χ2n) is 2.82. The second-order valence-corrected chi connectivity index (χ2v) is 2.82. The maximum absolute atomic E-state index is 12.0. The van der Waals surface area contributed by atoms with E-state index in [1.54, 1.807) is 13.0 Å². The molecule has 0 aliphatic carbocycles. The monoisotopic (exact) mass is 277 g/mol. The molecule has 5 heteroatoms. The van der Waals surface area contributed by atoms with E-state index in [4.69, 9.17) is 0 Å². The van der Waals surface area contributed by atoms with Crippen molar-refractivity contribution < 1.29 is 45.9 Å². The van der Waals surface area contributed by atoms with Crippen molar-refractivity contribution in [3.05, 3.63) is 36.2 Å². The Morgan fingerprint density at radius 3 is 2.50 bits per heavy atom. The standard InChI is InChI=1S/C9H9F3N.Y/c1-7-3-4-8(2)13(5-7)6-9(10,11)12;/h3-4H,2,6H2,1H3;/q-1;. The predicted molar refractivity (Wildman–Crippen MR) is 43.5 cm³/mol. The van der Waals surface area contributed by atoms with Crippen molar-refractivity contribution in [2.45, 2.75) is 13.1 Å². The van der Waals surface area contributed by atoms with Gasteiger partial charge in [0.2, 0.25) is 0 Å². The minimum Gasteiger partial charge on any atom is -0.448 e. The molecular formula is C9H9F3NY-. The maximum Gasteiger partial charge on any atom is 0.404 e. The summed E-state index contributed by atoms with van der Waals surface area (Å²) in [6.07, 6.45) is 1.56. The third-order valence-corrected chi connectivity index (χ3v) is 1.52. The molecule has 0 aromatic rings. The van der Waals surface area contributed by atoms with E-state index in [9.17, 15) is 13.2 Å². The van der Waals surface area contributed by atoms with Crippen LogP contribution in [0.15, 0.2) is 30.0 Å². The molecule has 0 saturated carbocycles. The van der Waals surface area contributed by atoms with Crippen molar-refractivity contribution in [2.24, 2.45) is 0 Å². The quantitative estimate of drug-likeness (QED) is 0.666. The van der Waals surface area contributed by atoms with Crippen molar-refractivity contribution in [1.82, 2.24) is 4.90 Å². The largest absolute Gasteiger partial charge is 0.448 e. The summed E-state index contributed by atoms with van der Waals surface area (Å²) in [6, 6.07) is 0. The molecule has 0 amide bonds. The predicted octanol–water partition coefficient (Wildman–Crippen LogP) is 2.64. The van der Waals surface area contributed by atoms with Crippen LogP contribution in [0.25, 0.3) is 0 Å². The van der Waals surface area contributed by atoms with Gasteiger partial charge in [-0.05, 0) is 0 Å². The molecule has 0 bridgehead atoms. The fourth-order valence-electron chi connectivity index (χ4n) is 0.953. The first-order valence-electron chi connectivity index (χ1n) is 3.70. The molecule has 0 fully saturated rings. The Balaban J connectivity index is 0.00000169. The van der Waals surface area contributed by atoms with Crippen molar-refractivity contribution in [2.75, 3.05) is 6.54 Å². The van der Waals surface area contributed by atoms with Gasteiger partial charge < -0.3 is 4.90 Å². The van der Waals surface area contributed by atoms with Gasteiger partial charge in [-0.2, -0.15) is 19.2 Å². The first-order valence-corrected chi connectivity index (χ1v) is 3.70. The SMILES string of the molecule is C=C1C=CC(C)=[C-]N1CC(F)(F)F.[Y]. The molecule has 0 atom stereocenters. The van der Waals surface area contributed by atoms with Crippen LogP contribution in [-0.2, 0) is 32.7 Å². The molecule has 75 valence electrons. The van der Waals surface area contributed by atoms with E-state index in [0.717, 1.165) is 4.90 Å². The molecule has 1 radical (unpaired) electrons. The number of alkyl halides is 3. The van der Waals surface area contributed by atoms with Crippen LogP contribution in [0, 0.1) is 6.20 Å². The Bertz CT molecular complexity index is 278. The summed E-state index contributed by atoms with van der Waals surface area (Å²) >= 11 is 0. The summed E-state index contributed by atoms with van der Waals surface area (Å²) in [4.78, 5) is 0.968.